The van der Waals surface area contributed by atoms with Gasteiger partial charge in [0.1, 0.15) is 6.07 Å². The van der Waals surface area contributed by atoms with Gasteiger partial charge in [-0.1, -0.05) is 146 Å². The molecule has 0 atom stereocenters. The van der Waals surface area contributed by atoms with E-state index in [-0.39, 0.29) is 0 Å². The smallest absolute Gasteiger partial charge is 0.164 e. The minimum atomic E-state index is 0.468. The maximum absolute atomic E-state index is 10.8. The standard InChI is InChI=1S/C66H39N7S2/c1-40-26-32-56-53(39-74-60-24-11-7-18-47(40)60)49-19-5-9-22-54(49)72(56)59-36-45(29-30-48(59)43-17-13-14-41(34-43)37-67)66-70-64(42-15-3-2-4-16-42)69-65(71-66)44-27-28-46(38-68)58(35-44)73-55-23-10-6-21-52(55)62-57(73)33-31-51-50-20-8-12-25-61(50)75-63(51)62/h2-36H,1,39H2/b32-26-. The topological polar surface area (TPSA) is 96.1 Å². The van der Waals surface area contributed by atoms with Gasteiger partial charge in [-0.25, -0.2) is 15.0 Å². The highest BCUT2D eigenvalue weighted by Crippen LogP contribution is 2.45. The van der Waals surface area contributed by atoms with E-state index in [9.17, 15) is 10.5 Å². The van der Waals surface area contributed by atoms with E-state index in [1.807, 2.05) is 78.5 Å². The molecule has 0 fully saturated rings. The van der Waals surface area contributed by atoms with E-state index in [0.29, 0.717) is 28.6 Å². The first-order valence-electron chi connectivity index (χ1n) is 24.6. The number of hydrogen-bond acceptors (Lipinski definition) is 7. The highest BCUT2D eigenvalue weighted by molar-refractivity contribution is 7.98. The molecule has 9 heteroatoms. The summed E-state index contributed by atoms with van der Waals surface area (Å²) in [6.07, 6.45) is 4.32. The van der Waals surface area contributed by atoms with Crippen molar-refractivity contribution in [2.24, 2.45) is 0 Å². The van der Waals surface area contributed by atoms with Crippen molar-refractivity contribution >= 4 is 87.6 Å². The molecule has 0 saturated heterocycles. The Morgan fingerprint density at radius 3 is 1.95 bits per heavy atom. The molecular weight excluding hydrogens is 955 g/mol. The van der Waals surface area contributed by atoms with Crippen LogP contribution in [0.25, 0.3) is 121 Å². The van der Waals surface area contributed by atoms with Gasteiger partial charge in [-0.2, -0.15) is 10.5 Å². The van der Waals surface area contributed by atoms with Crippen molar-refractivity contribution in [3.8, 4) is 68.8 Å². The molecule has 0 amide bonds. The summed E-state index contributed by atoms with van der Waals surface area (Å²) < 4.78 is 7.02. The van der Waals surface area contributed by atoms with E-state index in [1.165, 1.54) is 30.6 Å². The molecule has 0 bridgehead atoms. The van der Waals surface area contributed by atoms with Gasteiger partial charge in [0.2, 0.25) is 0 Å². The van der Waals surface area contributed by atoms with E-state index < -0.39 is 0 Å². The van der Waals surface area contributed by atoms with Crippen LogP contribution in [0.4, 0.5) is 0 Å². The average molecular weight is 994 g/mol. The number of thiophene rings is 1. The van der Waals surface area contributed by atoms with Crippen LogP contribution >= 0.6 is 23.1 Å². The van der Waals surface area contributed by atoms with Gasteiger partial charge in [0.05, 0.1) is 50.8 Å². The zero-order chi connectivity index (χ0) is 50.1. The maximum Gasteiger partial charge on any atom is 0.164 e. The van der Waals surface area contributed by atoms with Gasteiger partial charge >= 0.3 is 0 Å². The lowest BCUT2D eigenvalue weighted by atomic mass is 9.99. The average Bonchev–Trinajstić information content (AvgIpc) is 4.15. The minimum Gasteiger partial charge on any atom is -0.309 e. The number of thioether (sulfide) groups is 1. The number of hydrogen-bond donors (Lipinski definition) is 0. The fraction of sp³-hybridized carbons (Fsp3) is 0.0152. The van der Waals surface area contributed by atoms with Crippen molar-refractivity contribution in [1.29, 1.82) is 10.5 Å². The quantitative estimate of drug-likeness (QED) is 0.165. The number of rotatable bonds is 6. The number of allylic oxidation sites excluding steroid dienone is 2. The van der Waals surface area contributed by atoms with Gasteiger partial charge < -0.3 is 9.13 Å². The van der Waals surface area contributed by atoms with Gasteiger partial charge in [0.15, 0.2) is 17.5 Å². The molecule has 0 radical (unpaired) electrons. The van der Waals surface area contributed by atoms with Crippen molar-refractivity contribution < 1.29 is 0 Å². The number of aromatic nitrogens is 5. The van der Waals surface area contributed by atoms with Gasteiger partial charge in [0, 0.05) is 69.2 Å². The highest BCUT2D eigenvalue weighted by atomic mass is 32.2. The third-order valence-electron chi connectivity index (χ3n) is 14.3. The predicted octanol–water partition coefficient (Wildman–Crippen LogP) is 17.0. The van der Waals surface area contributed by atoms with Crippen LogP contribution < -0.4 is 0 Å². The fourth-order valence-corrected chi connectivity index (χ4v) is 13.2. The van der Waals surface area contributed by atoms with Crippen LogP contribution in [0.2, 0.25) is 0 Å². The molecule has 1 aliphatic rings. The van der Waals surface area contributed by atoms with Crippen LogP contribution in [0.15, 0.2) is 218 Å². The first kappa shape index (κ1) is 44.1. The third kappa shape index (κ3) is 7.28. The number of fused-ring (bicyclic) bond motifs is 11. The van der Waals surface area contributed by atoms with Crippen LogP contribution in [-0.4, -0.2) is 24.1 Å². The largest absolute Gasteiger partial charge is 0.309 e. The number of nitriles is 2. The molecule has 5 heterocycles. The molecule has 1 aliphatic heterocycles. The van der Waals surface area contributed by atoms with Crippen LogP contribution in [0, 0.1) is 22.7 Å². The zero-order valence-electron chi connectivity index (χ0n) is 40.1. The molecule has 0 aliphatic carbocycles. The lowest BCUT2D eigenvalue weighted by Gasteiger charge is -2.17. The molecule has 0 N–H and O–H groups in total. The Labute approximate surface area is 439 Å². The Balaban J connectivity index is 0.989. The molecule has 75 heavy (non-hydrogen) atoms. The van der Waals surface area contributed by atoms with Gasteiger partial charge in [0.25, 0.3) is 0 Å². The second-order valence-corrected chi connectivity index (χ2v) is 20.7. The Bertz CT molecular complexity index is 4660. The van der Waals surface area contributed by atoms with Crippen molar-refractivity contribution in [2.45, 2.75) is 10.6 Å². The van der Waals surface area contributed by atoms with E-state index in [4.69, 9.17) is 15.0 Å². The maximum atomic E-state index is 10.8. The first-order chi connectivity index (χ1) is 37.0. The summed E-state index contributed by atoms with van der Waals surface area (Å²) in [5, 5.41) is 26.8. The van der Waals surface area contributed by atoms with Gasteiger partial charge in [-0.05, 0) is 95.1 Å². The summed E-state index contributed by atoms with van der Waals surface area (Å²) in [5.74, 6) is 2.21. The van der Waals surface area contributed by atoms with Crippen LogP contribution in [0.5, 0.6) is 0 Å². The Morgan fingerprint density at radius 1 is 0.480 bits per heavy atom. The second-order valence-electron chi connectivity index (χ2n) is 18.6. The van der Waals surface area contributed by atoms with Crippen molar-refractivity contribution in [2.75, 3.05) is 0 Å². The van der Waals surface area contributed by atoms with Crippen molar-refractivity contribution in [3.63, 3.8) is 0 Å². The lowest BCUT2D eigenvalue weighted by Crippen LogP contribution is -2.04. The minimum absolute atomic E-state index is 0.468. The summed E-state index contributed by atoms with van der Waals surface area (Å²) in [5.41, 5.74) is 14.3. The first-order valence-corrected chi connectivity index (χ1v) is 26.4. The summed E-state index contributed by atoms with van der Waals surface area (Å²) >= 11 is 3.62. The number of benzene rings is 9. The molecule has 350 valence electrons. The molecular formula is C66H39N7S2. The molecule has 13 aromatic rings. The van der Waals surface area contributed by atoms with E-state index >= 15 is 0 Å². The van der Waals surface area contributed by atoms with E-state index in [1.54, 1.807) is 11.3 Å². The molecule has 0 unspecified atom stereocenters. The summed E-state index contributed by atoms with van der Waals surface area (Å²) in [6, 6.07) is 73.3. The summed E-state index contributed by atoms with van der Waals surface area (Å²) in [6.45, 7) is 4.53. The van der Waals surface area contributed by atoms with Crippen LogP contribution in [0.1, 0.15) is 27.9 Å². The summed E-state index contributed by atoms with van der Waals surface area (Å²) in [7, 11) is 0. The molecule has 0 spiro atoms. The summed E-state index contributed by atoms with van der Waals surface area (Å²) in [4.78, 5) is 17.0. The normalized spacial score (nSPS) is 12.8. The Morgan fingerprint density at radius 2 is 1.15 bits per heavy atom. The molecule has 14 rings (SSSR count). The van der Waals surface area contributed by atoms with Crippen molar-refractivity contribution in [3.05, 3.63) is 241 Å². The predicted molar refractivity (Wildman–Crippen MR) is 309 cm³/mol. The lowest BCUT2D eigenvalue weighted by molar-refractivity contribution is 1.06. The van der Waals surface area contributed by atoms with E-state index in [0.717, 1.165) is 94.5 Å². The Hall–Kier alpha value is -9.64. The second kappa shape index (κ2) is 17.8. The fourth-order valence-electron chi connectivity index (χ4n) is 10.8. The van der Waals surface area contributed by atoms with Crippen LogP contribution in [-0.2, 0) is 5.75 Å². The molecule has 9 aromatic carbocycles. The molecule has 4 aromatic heterocycles. The monoisotopic (exact) mass is 993 g/mol. The number of nitrogens with zero attached hydrogens (tertiary/aromatic N) is 7. The highest BCUT2D eigenvalue weighted by Gasteiger charge is 2.25. The van der Waals surface area contributed by atoms with Crippen LogP contribution in [0.3, 0.4) is 0 Å². The molecule has 0 saturated carbocycles. The van der Waals surface area contributed by atoms with Gasteiger partial charge in [-0.3, -0.25) is 0 Å². The Kier molecular flexibility index (Phi) is 10.5. The molecule has 7 nitrogen and oxygen atoms in total. The van der Waals surface area contributed by atoms with Crippen molar-refractivity contribution in [1.82, 2.24) is 24.1 Å². The zero-order valence-corrected chi connectivity index (χ0v) is 41.7. The SMILES string of the molecule is C=C1/C=C\c2c(c3ccccc3n2-c2cc(-c3nc(-c4ccccc4)nc(-c4ccc(C#N)c(-n5c6ccccc6c6c7sc8ccccc8c7ccc65)c4)n3)ccc2-c2cccc(C#N)c2)CSc2ccccc21. The van der Waals surface area contributed by atoms with E-state index in [2.05, 4.69) is 173 Å². The third-order valence-corrected chi connectivity index (χ3v) is 16.6. The van der Waals surface area contributed by atoms with Gasteiger partial charge in [-0.15, -0.1) is 23.1 Å². The number of para-hydroxylation sites is 2.